The highest BCUT2D eigenvalue weighted by Gasteiger charge is 2.15. The molecule has 0 aliphatic heterocycles. The number of carbonyl (C=O) groups is 1. The van der Waals surface area contributed by atoms with Crippen molar-refractivity contribution in [2.45, 2.75) is 33.6 Å². The predicted molar refractivity (Wildman–Crippen MR) is 92.0 cm³/mol. The van der Waals surface area contributed by atoms with Crippen molar-refractivity contribution in [3.8, 4) is 5.75 Å². The first-order valence-electron chi connectivity index (χ1n) is 7.98. The average molecular weight is 355 g/mol. The quantitative estimate of drug-likeness (QED) is 0.299. The molecule has 0 saturated carbocycles. The Morgan fingerprint density at radius 3 is 2.77 bits per heavy atom. The Kier molecular flexibility index (Phi) is 4.61. The van der Waals surface area contributed by atoms with Crippen LogP contribution in [0.15, 0.2) is 24.5 Å². The molecule has 0 N–H and O–H groups in total. The maximum Gasteiger partial charge on any atom is 0.311 e. The predicted octanol–water partition coefficient (Wildman–Crippen LogP) is 2.50. The van der Waals surface area contributed by atoms with E-state index in [-0.39, 0.29) is 17.9 Å². The highest BCUT2D eigenvalue weighted by molar-refractivity contribution is 5.73. The Morgan fingerprint density at radius 1 is 1.31 bits per heavy atom. The van der Waals surface area contributed by atoms with Crippen LogP contribution < -0.4 is 4.74 Å². The van der Waals surface area contributed by atoms with Gasteiger partial charge in [-0.3, -0.25) is 14.9 Å². The van der Waals surface area contributed by atoms with Crippen molar-refractivity contribution < 1.29 is 14.5 Å². The summed E-state index contributed by atoms with van der Waals surface area (Å²) in [6.07, 6.45) is 2.04. The second-order valence-corrected chi connectivity index (χ2v) is 5.91. The Labute approximate surface area is 148 Å². The van der Waals surface area contributed by atoms with E-state index in [2.05, 4.69) is 15.1 Å². The molecule has 26 heavy (non-hydrogen) atoms. The van der Waals surface area contributed by atoms with Crippen LogP contribution in [0.2, 0.25) is 0 Å². The molecule has 0 saturated heterocycles. The van der Waals surface area contributed by atoms with Gasteiger partial charge in [0.25, 0.3) is 11.5 Å². The molecule has 1 aromatic carbocycles. The molecule has 2 heterocycles. The molecular weight excluding hydrogens is 338 g/mol. The number of hydrogen-bond acceptors (Lipinski definition) is 7. The topological polar surface area (TPSA) is 113 Å². The van der Waals surface area contributed by atoms with Crippen LogP contribution in [0.4, 0.5) is 5.69 Å². The summed E-state index contributed by atoms with van der Waals surface area (Å²) >= 11 is 0. The first-order chi connectivity index (χ1) is 12.4. The van der Waals surface area contributed by atoms with Crippen molar-refractivity contribution in [2.75, 3.05) is 0 Å². The Bertz CT molecular complexity index is 1010. The molecule has 2 aromatic heterocycles. The molecule has 3 rings (SSSR count). The van der Waals surface area contributed by atoms with Crippen LogP contribution in [0, 0.1) is 30.9 Å². The summed E-state index contributed by atoms with van der Waals surface area (Å²) < 4.78 is 6.92. The second kappa shape index (κ2) is 6.87. The van der Waals surface area contributed by atoms with Gasteiger partial charge in [0.2, 0.25) is 0 Å². The number of hydrogen-bond donors (Lipinski definition) is 0. The number of nitrogens with zero attached hydrogens (tertiary/aromatic N) is 5. The molecule has 134 valence electrons. The Balaban J connectivity index is 1.70. The van der Waals surface area contributed by atoms with Gasteiger partial charge in [0.15, 0.2) is 0 Å². The first kappa shape index (κ1) is 17.5. The molecular formula is C17H17N5O4. The second-order valence-electron chi connectivity index (χ2n) is 5.91. The van der Waals surface area contributed by atoms with Crippen molar-refractivity contribution >= 4 is 17.4 Å². The summed E-state index contributed by atoms with van der Waals surface area (Å²) in [4.78, 5) is 30.9. The van der Waals surface area contributed by atoms with Gasteiger partial charge in [-0.2, -0.15) is 10.1 Å². The monoisotopic (exact) mass is 355 g/mol. The van der Waals surface area contributed by atoms with Gasteiger partial charge in [0.1, 0.15) is 12.1 Å². The molecule has 0 unspecified atom stereocenters. The minimum Gasteiger partial charge on any atom is -0.427 e. The highest BCUT2D eigenvalue weighted by Crippen LogP contribution is 2.23. The summed E-state index contributed by atoms with van der Waals surface area (Å²) in [7, 11) is 0. The average Bonchev–Trinajstić information content (AvgIpc) is 3.02. The fourth-order valence-electron chi connectivity index (χ4n) is 2.82. The van der Waals surface area contributed by atoms with E-state index >= 15 is 0 Å². The van der Waals surface area contributed by atoms with Gasteiger partial charge in [-0.25, -0.2) is 9.50 Å². The van der Waals surface area contributed by atoms with E-state index in [1.807, 2.05) is 13.8 Å². The van der Waals surface area contributed by atoms with Crippen LogP contribution in [-0.2, 0) is 11.2 Å². The van der Waals surface area contributed by atoms with E-state index in [4.69, 9.17) is 4.74 Å². The molecule has 9 nitrogen and oxygen atoms in total. The maximum absolute atomic E-state index is 12.1. The number of fused-ring (bicyclic) bond motifs is 1. The van der Waals surface area contributed by atoms with Crippen molar-refractivity contribution in [1.29, 1.82) is 0 Å². The smallest absolute Gasteiger partial charge is 0.311 e. The number of aryl methyl sites for hydroxylation is 3. The van der Waals surface area contributed by atoms with Crippen LogP contribution in [0.3, 0.4) is 0 Å². The van der Waals surface area contributed by atoms with Crippen molar-refractivity contribution in [3.05, 3.63) is 57.2 Å². The minimum absolute atomic E-state index is 0.0109. The van der Waals surface area contributed by atoms with Crippen LogP contribution >= 0.6 is 0 Å². The number of ether oxygens (including phenoxy) is 1. The SMILES string of the molecule is Cc1cc(OC(=O)CCc2c(C)nc3ncnn3c2C)ccc1[N+](=O)[O-]. The van der Waals surface area contributed by atoms with Gasteiger partial charge in [-0.1, -0.05) is 0 Å². The van der Waals surface area contributed by atoms with Crippen LogP contribution in [0.25, 0.3) is 5.78 Å². The molecule has 0 radical (unpaired) electrons. The molecule has 0 bridgehead atoms. The van der Waals surface area contributed by atoms with Crippen molar-refractivity contribution in [2.24, 2.45) is 0 Å². The normalized spacial score (nSPS) is 10.9. The molecule has 0 spiro atoms. The molecule has 0 aliphatic carbocycles. The molecule has 3 aromatic rings. The number of benzene rings is 1. The molecule has 0 fully saturated rings. The number of nitro benzene ring substituents is 1. The van der Waals surface area contributed by atoms with Crippen molar-refractivity contribution in [1.82, 2.24) is 19.6 Å². The van der Waals surface area contributed by atoms with Gasteiger partial charge < -0.3 is 4.74 Å². The van der Waals surface area contributed by atoms with Gasteiger partial charge in [0, 0.05) is 23.0 Å². The first-order valence-corrected chi connectivity index (χ1v) is 7.98. The highest BCUT2D eigenvalue weighted by atomic mass is 16.6. The number of aromatic nitrogens is 4. The third kappa shape index (κ3) is 3.37. The summed E-state index contributed by atoms with van der Waals surface area (Å²) in [5, 5.41) is 15.0. The van der Waals surface area contributed by atoms with Crippen LogP contribution in [-0.4, -0.2) is 30.5 Å². The van der Waals surface area contributed by atoms with E-state index in [9.17, 15) is 14.9 Å². The zero-order valence-electron chi connectivity index (χ0n) is 14.6. The van der Waals surface area contributed by atoms with Gasteiger partial charge in [0.05, 0.1) is 11.3 Å². The zero-order valence-corrected chi connectivity index (χ0v) is 14.6. The minimum atomic E-state index is -0.472. The standard InChI is InChI=1S/C17H17N5O4/c1-10-8-13(4-6-15(10)22(24)25)26-16(23)7-5-14-11(2)20-17-18-9-19-21(17)12(14)3/h4,6,8-9H,5,7H2,1-3H3. The van der Waals surface area contributed by atoms with Gasteiger partial charge in [-0.05, 0) is 44.9 Å². The third-order valence-corrected chi connectivity index (χ3v) is 4.16. The zero-order chi connectivity index (χ0) is 18.8. The summed E-state index contributed by atoms with van der Waals surface area (Å²) in [5.41, 5.74) is 3.02. The molecule has 0 aliphatic rings. The third-order valence-electron chi connectivity index (χ3n) is 4.16. The van der Waals surface area contributed by atoms with E-state index in [0.29, 0.717) is 17.8 Å². The van der Waals surface area contributed by atoms with Gasteiger partial charge in [-0.15, -0.1) is 0 Å². The molecule has 0 amide bonds. The van der Waals surface area contributed by atoms with E-state index in [1.54, 1.807) is 11.4 Å². The number of nitro groups is 1. The number of rotatable bonds is 5. The summed E-state index contributed by atoms with van der Waals surface area (Å²) in [6, 6.07) is 4.23. The van der Waals surface area contributed by atoms with E-state index in [0.717, 1.165) is 17.0 Å². The largest absolute Gasteiger partial charge is 0.427 e. The lowest BCUT2D eigenvalue weighted by Gasteiger charge is -2.10. The molecule has 9 heteroatoms. The van der Waals surface area contributed by atoms with E-state index < -0.39 is 10.9 Å². The Hall–Kier alpha value is -3.36. The lowest BCUT2D eigenvalue weighted by atomic mass is 10.1. The van der Waals surface area contributed by atoms with Gasteiger partial charge >= 0.3 is 5.97 Å². The fourth-order valence-corrected chi connectivity index (χ4v) is 2.82. The van der Waals surface area contributed by atoms with Crippen LogP contribution in [0.5, 0.6) is 5.75 Å². The van der Waals surface area contributed by atoms with Crippen LogP contribution in [0.1, 0.15) is 28.9 Å². The van der Waals surface area contributed by atoms with Crippen molar-refractivity contribution in [3.63, 3.8) is 0 Å². The van der Waals surface area contributed by atoms with E-state index in [1.165, 1.54) is 24.5 Å². The molecule has 0 atom stereocenters. The lowest BCUT2D eigenvalue weighted by Crippen LogP contribution is -2.12. The Morgan fingerprint density at radius 2 is 2.08 bits per heavy atom. The lowest BCUT2D eigenvalue weighted by molar-refractivity contribution is -0.385. The number of esters is 1. The summed E-state index contributed by atoms with van der Waals surface area (Å²) in [5.74, 6) is 0.389. The summed E-state index contributed by atoms with van der Waals surface area (Å²) in [6.45, 7) is 5.36. The number of carbonyl (C=O) groups excluding carboxylic acids is 1. The maximum atomic E-state index is 12.1. The fraction of sp³-hybridized carbons (Fsp3) is 0.294.